The number of carbonyl (C=O) groups excluding carboxylic acids is 1. The third-order valence-electron chi connectivity index (χ3n) is 6.70. The maximum Gasteiger partial charge on any atom is 0.223 e. The molecule has 34 heavy (non-hydrogen) atoms. The molecule has 4 nitrogen and oxygen atoms in total. The van der Waals surface area contributed by atoms with Gasteiger partial charge in [0.25, 0.3) is 0 Å². The van der Waals surface area contributed by atoms with E-state index in [0.29, 0.717) is 26.1 Å². The maximum atomic E-state index is 13.3. The zero-order valence-electron chi connectivity index (χ0n) is 18.7. The van der Waals surface area contributed by atoms with Crippen LogP contribution in [0.3, 0.4) is 0 Å². The highest BCUT2D eigenvalue weighted by molar-refractivity contribution is 5.83. The lowest BCUT2D eigenvalue weighted by molar-refractivity contribution is -0.128. The van der Waals surface area contributed by atoms with Gasteiger partial charge in [-0.25, -0.2) is 9.37 Å². The first-order chi connectivity index (χ1) is 16.6. The van der Waals surface area contributed by atoms with Crippen LogP contribution in [-0.4, -0.2) is 26.9 Å². The minimum Gasteiger partial charge on any atom is -0.338 e. The van der Waals surface area contributed by atoms with Crippen LogP contribution in [0.1, 0.15) is 29.3 Å². The lowest BCUT2D eigenvalue weighted by Gasteiger charge is -2.17. The van der Waals surface area contributed by atoms with Crippen molar-refractivity contribution >= 4 is 27.7 Å². The Labute approximate surface area is 197 Å². The fraction of sp³-hybridized carbons (Fsp3) is 0.172. The van der Waals surface area contributed by atoms with Gasteiger partial charge in [0, 0.05) is 32.0 Å². The van der Waals surface area contributed by atoms with Crippen molar-refractivity contribution in [3.63, 3.8) is 0 Å². The summed E-state index contributed by atoms with van der Waals surface area (Å²) in [4.78, 5) is 19.7. The minimum absolute atomic E-state index is 0.0146. The summed E-state index contributed by atoms with van der Waals surface area (Å²) in [7, 11) is 0. The fourth-order valence-corrected chi connectivity index (χ4v) is 5.00. The Morgan fingerprint density at radius 1 is 0.824 bits per heavy atom. The van der Waals surface area contributed by atoms with Gasteiger partial charge in [-0.05, 0) is 52.2 Å². The Morgan fingerprint density at radius 2 is 1.56 bits per heavy atom. The van der Waals surface area contributed by atoms with Crippen LogP contribution in [0.15, 0.2) is 91.0 Å². The van der Waals surface area contributed by atoms with Gasteiger partial charge in [-0.1, -0.05) is 60.7 Å². The Kier molecular flexibility index (Phi) is 5.10. The second kappa shape index (κ2) is 8.41. The van der Waals surface area contributed by atoms with Gasteiger partial charge in [-0.15, -0.1) is 0 Å². The van der Waals surface area contributed by atoms with E-state index in [9.17, 15) is 9.18 Å². The van der Waals surface area contributed by atoms with E-state index in [2.05, 4.69) is 53.1 Å². The quantitative estimate of drug-likeness (QED) is 0.335. The summed E-state index contributed by atoms with van der Waals surface area (Å²) in [5.74, 6) is 0.806. The van der Waals surface area contributed by atoms with Gasteiger partial charge >= 0.3 is 0 Å². The number of aromatic nitrogens is 2. The lowest BCUT2D eigenvalue weighted by atomic mass is 10.1. The SMILES string of the molecule is O=C1CC(c2nc3ccccc3n2Cc2ccc3ccccc3c2)CN1Cc1ccc(F)cc1. The molecule has 0 radical (unpaired) electrons. The summed E-state index contributed by atoms with van der Waals surface area (Å²) in [6, 6.07) is 29.5. The molecule has 168 valence electrons. The number of amides is 1. The van der Waals surface area contributed by atoms with Crippen molar-refractivity contribution in [3.05, 3.63) is 114 Å². The predicted octanol–water partition coefficient (Wildman–Crippen LogP) is 5.89. The minimum atomic E-state index is -0.267. The van der Waals surface area contributed by atoms with Crippen molar-refractivity contribution in [1.82, 2.24) is 14.5 Å². The Morgan fingerprint density at radius 3 is 2.41 bits per heavy atom. The third-order valence-corrected chi connectivity index (χ3v) is 6.70. The van der Waals surface area contributed by atoms with Crippen LogP contribution in [0.4, 0.5) is 4.39 Å². The van der Waals surface area contributed by atoms with E-state index in [-0.39, 0.29) is 17.6 Å². The van der Waals surface area contributed by atoms with E-state index in [1.807, 2.05) is 23.1 Å². The molecular weight excluding hydrogens is 425 g/mol. The molecule has 2 heterocycles. The molecule has 6 rings (SSSR count). The Bertz CT molecular complexity index is 1510. The number of rotatable bonds is 5. The molecule has 1 unspecified atom stereocenters. The maximum absolute atomic E-state index is 13.3. The predicted molar refractivity (Wildman–Crippen MR) is 132 cm³/mol. The molecule has 0 saturated carbocycles. The smallest absolute Gasteiger partial charge is 0.223 e. The number of nitrogens with zero attached hydrogens (tertiary/aromatic N) is 3. The van der Waals surface area contributed by atoms with E-state index in [0.717, 1.165) is 22.4 Å². The Hall–Kier alpha value is -3.99. The number of hydrogen-bond acceptors (Lipinski definition) is 2. The first-order valence-corrected chi connectivity index (χ1v) is 11.6. The first kappa shape index (κ1) is 20.6. The summed E-state index contributed by atoms with van der Waals surface area (Å²) < 4.78 is 15.5. The first-order valence-electron chi connectivity index (χ1n) is 11.6. The van der Waals surface area contributed by atoms with Gasteiger partial charge in [0.05, 0.1) is 11.0 Å². The van der Waals surface area contributed by atoms with E-state index in [4.69, 9.17) is 4.98 Å². The number of carbonyl (C=O) groups is 1. The van der Waals surface area contributed by atoms with E-state index in [1.165, 1.54) is 28.5 Å². The van der Waals surface area contributed by atoms with Gasteiger partial charge in [0.2, 0.25) is 5.91 Å². The summed E-state index contributed by atoms with van der Waals surface area (Å²) in [6.45, 7) is 1.79. The van der Waals surface area contributed by atoms with E-state index < -0.39 is 0 Å². The monoisotopic (exact) mass is 449 g/mol. The van der Waals surface area contributed by atoms with Crippen LogP contribution in [-0.2, 0) is 17.9 Å². The molecule has 5 heteroatoms. The van der Waals surface area contributed by atoms with Crippen LogP contribution < -0.4 is 0 Å². The number of fused-ring (bicyclic) bond motifs is 2. The molecule has 1 aliphatic heterocycles. The molecule has 0 N–H and O–H groups in total. The number of benzene rings is 4. The molecule has 1 fully saturated rings. The number of imidazole rings is 1. The van der Waals surface area contributed by atoms with Crippen molar-refractivity contribution in [1.29, 1.82) is 0 Å². The average Bonchev–Trinajstić information content (AvgIpc) is 3.40. The molecule has 4 aromatic carbocycles. The molecule has 1 aromatic heterocycles. The van der Waals surface area contributed by atoms with Crippen molar-refractivity contribution in [3.8, 4) is 0 Å². The molecule has 1 saturated heterocycles. The molecule has 0 spiro atoms. The third kappa shape index (κ3) is 3.83. The van der Waals surface area contributed by atoms with Crippen LogP contribution in [0.5, 0.6) is 0 Å². The van der Waals surface area contributed by atoms with Crippen molar-refractivity contribution in [2.75, 3.05) is 6.54 Å². The number of halogens is 1. The highest BCUT2D eigenvalue weighted by atomic mass is 19.1. The standard InChI is InChI=1S/C29H24FN3O/c30-25-13-10-20(11-14-25)17-32-19-24(16-28(32)34)29-31-26-7-3-4-8-27(26)33(29)18-21-9-12-22-5-1-2-6-23(22)15-21/h1-15,24H,16-19H2. The van der Waals surface area contributed by atoms with Crippen molar-refractivity contribution < 1.29 is 9.18 Å². The highest BCUT2D eigenvalue weighted by Crippen LogP contribution is 2.32. The summed E-state index contributed by atoms with van der Waals surface area (Å²) in [6.07, 6.45) is 0.433. The van der Waals surface area contributed by atoms with Crippen molar-refractivity contribution in [2.45, 2.75) is 25.4 Å². The largest absolute Gasteiger partial charge is 0.338 e. The van der Waals surface area contributed by atoms with Gasteiger partial charge in [-0.2, -0.15) is 0 Å². The van der Waals surface area contributed by atoms with Crippen LogP contribution >= 0.6 is 0 Å². The normalized spacial score (nSPS) is 16.1. The van der Waals surface area contributed by atoms with Crippen LogP contribution in [0, 0.1) is 5.82 Å². The second-order valence-corrected chi connectivity index (χ2v) is 9.03. The number of para-hydroxylation sites is 2. The average molecular weight is 450 g/mol. The molecule has 1 atom stereocenters. The summed E-state index contributed by atoms with van der Waals surface area (Å²) >= 11 is 0. The molecule has 1 aliphatic rings. The molecule has 0 bridgehead atoms. The molecule has 1 amide bonds. The van der Waals surface area contributed by atoms with Gasteiger partial charge < -0.3 is 9.47 Å². The van der Waals surface area contributed by atoms with Gasteiger partial charge in [-0.3, -0.25) is 4.79 Å². The zero-order valence-corrected chi connectivity index (χ0v) is 18.7. The van der Waals surface area contributed by atoms with Gasteiger partial charge in [0.15, 0.2) is 0 Å². The molecular formula is C29H24FN3O. The molecule has 5 aromatic rings. The Balaban J connectivity index is 1.32. The van der Waals surface area contributed by atoms with Gasteiger partial charge in [0.1, 0.15) is 11.6 Å². The van der Waals surface area contributed by atoms with Crippen LogP contribution in [0.2, 0.25) is 0 Å². The van der Waals surface area contributed by atoms with E-state index in [1.54, 1.807) is 12.1 Å². The molecule has 0 aliphatic carbocycles. The highest BCUT2D eigenvalue weighted by Gasteiger charge is 2.34. The zero-order chi connectivity index (χ0) is 23.1. The van der Waals surface area contributed by atoms with Crippen LogP contribution in [0.25, 0.3) is 21.8 Å². The van der Waals surface area contributed by atoms with Crippen molar-refractivity contribution in [2.24, 2.45) is 0 Å². The topological polar surface area (TPSA) is 38.1 Å². The number of likely N-dealkylation sites (tertiary alicyclic amines) is 1. The lowest BCUT2D eigenvalue weighted by Crippen LogP contribution is -2.24. The summed E-state index contributed by atoms with van der Waals surface area (Å²) in [5.41, 5.74) is 4.16. The fourth-order valence-electron chi connectivity index (χ4n) is 5.00. The summed E-state index contributed by atoms with van der Waals surface area (Å²) in [5, 5.41) is 2.44. The second-order valence-electron chi connectivity index (χ2n) is 9.03. The van der Waals surface area contributed by atoms with E-state index >= 15 is 0 Å². The number of hydrogen-bond donors (Lipinski definition) is 0.